The molecule has 16 heavy (non-hydrogen) atoms. The van der Waals surface area contributed by atoms with Crippen molar-refractivity contribution < 1.29 is 5.11 Å². The van der Waals surface area contributed by atoms with Crippen LogP contribution in [0.25, 0.3) is 0 Å². The van der Waals surface area contributed by atoms with Gasteiger partial charge in [-0.3, -0.25) is 0 Å². The van der Waals surface area contributed by atoms with Gasteiger partial charge in [0.25, 0.3) is 0 Å². The Hall–Kier alpha value is -0.680. The van der Waals surface area contributed by atoms with Crippen molar-refractivity contribution in [3.63, 3.8) is 0 Å². The summed E-state index contributed by atoms with van der Waals surface area (Å²) in [7, 11) is 0. The van der Waals surface area contributed by atoms with Crippen molar-refractivity contribution in [2.24, 2.45) is 0 Å². The summed E-state index contributed by atoms with van der Waals surface area (Å²) in [6.07, 6.45) is 3.46. The first kappa shape index (κ1) is 11.8. The van der Waals surface area contributed by atoms with Crippen molar-refractivity contribution in [1.82, 2.24) is 9.36 Å². The van der Waals surface area contributed by atoms with Crippen LogP contribution in [-0.4, -0.2) is 33.7 Å². The third kappa shape index (κ3) is 2.35. The summed E-state index contributed by atoms with van der Waals surface area (Å²) in [6.45, 7) is 5.42. The lowest BCUT2D eigenvalue weighted by Crippen LogP contribution is -2.41. The number of nitrogens with zero attached hydrogens (tertiary/aromatic N) is 3. The topological polar surface area (TPSA) is 49.2 Å². The molecule has 2 rings (SSSR count). The fourth-order valence-electron chi connectivity index (χ4n) is 2.02. The molecular formula is C11H19N3OS. The Labute approximate surface area is 100 Å². The van der Waals surface area contributed by atoms with Gasteiger partial charge in [-0.2, -0.15) is 4.37 Å². The van der Waals surface area contributed by atoms with Crippen LogP contribution in [0.15, 0.2) is 0 Å². The Morgan fingerprint density at radius 1 is 1.50 bits per heavy atom. The van der Waals surface area contributed by atoms with Crippen LogP contribution in [0, 0.1) is 0 Å². The number of hydrogen-bond acceptors (Lipinski definition) is 5. The molecule has 1 aliphatic heterocycles. The molecule has 1 aromatic heterocycles. The molecule has 0 amide bonds. The number of rotatable bonds is 3. The highest BCUT2D eigenvalue weighted by atomic mass is 32.1. The van der Waals surface area contributed by atoms with E-state index in [2.05, 4.69) is 28.1 Å². The van der Waals surface area contributed by atoms with E-state index in [1.54, 1.807) is 0 Å². The number of hydrogen-bond donors (Lipinski definition) is 1. The molecular weight excluding hydrogens is 222 g/mol. The van der Waals surface area contributed by atoms with Crippen LogP contribution in [0.5, 0.6) is 0 Å². The summed E-state index contributed by atoms with van der Waals surface area (Å²) < 4.78 is 4.37. The Kier molecular flexibility index (Phi) is 3.76. The molecule has 5 heteroatoms. The molecule has 0 radical (unpaired) electrons. The van der Waals surface area contributed by atoms with Crippen molar-refractivity contribution in [2.75, 3.05) is 18.1 Å². The Balaban J connectivity index is 2.14. The molecule has 1 fully saturated rings. The Bertz CT molecular complexity index is 340. The molecule has 0 bridgehead atoms. The minimum atomic E-state index is 0.219. The minimum Gasteiger partial charge on any atom is -0.394 e. The molecule has 1 saturated heterocycles. The number of piperidine rings is 1. The van der Waals surface area contributed by atoms with E-state index in [1.807, 2.05) is 0 Å². The summed E-state index contributed by atoms with van der Waals surface area (Å²) >= 11 is 1.46. The van der Waals surface area contributed by atoms with Gasteiger partial charge in [0.1, 0.15) is 5.82 Å². The zero-order chi connectivity index (χ0) is 11.5. The van der Waals surface area contributed by atoms with E-state index in [9.17, 15) is 5.11 Å². The van der Waals surface area contributed by atoms with Crippen molar-refractivity contribution in [1.29, 1.82) is 0 Å². The monoisotopic (exact) mass is 241 g/mol. The lowest BCUT2D eigenvalue weighted by atomic mass is 10.0. The third-order valence-corrected chi connectivity index (χ3v) is 3.80. The van der Waals surface area contributed by atoms with Gasteiger partial charge in [0, 0.05) is 24.0 Å². The van der Waals surface area contributed by atoms with E-state index >= 15 is 0 Å². The first-order valence-electron chi connectivity index (χ1n) is 5.93. The van der Waals surface area contributed by atoms with Crippen molar-refractivity contribution in [3.8, 4) is 0 Å². The summed E-state index contributed by atoms with van der Waals surface area (Å²) in [6, 6.07) is 0.238. The van der Waals surface area contributed by atoms with Crippen LogP contribution in [0.2, 0.25) is 0 Å². The summed E-state index contributed by atoms with van der Waals surface area (Å²) in [5, 5.41) is 10.3. The van der Waals surface area contributed by atoms with Crippen LogP contribution in [0.4, 0.5) is 5.13 Å². The molecule has 1 unspecified atom stereocenters. The maximum Gasteiger partial charge on any atom is 0.205 e. The van der Waals surface area contributed by atoms with E-state index in [4.69, 9.17) is 0 Å². The molecule has 1 N–H and O–H groups in total. The highest BCUT2D eigenvalue weighted by Crippen LogP contribution is 2.27. The fraction of sp³-hybridized carbons (Fsp3) is 0.818. The maximum atomic E-state index is 9.35. The lowest BCUT2D eigenvalue weighted by Gasteiger charge is -2.33. The first-order chi connectivity index (χ1) is 7.72. The van der Waals surface area contributed by atoms with Gasteiger partial charge in [-0.1, -0.05) is 13.8 Å². The highest BCUT2D eigenvalue weighted by molar-refractivity contribution is 7.09. The second-order valence-corrected chi connectivity index (χ2v) is 5.35. The van der Waals surface area contributed by atoms with Crippen LogP contribution >= 0.6 is 11.5 Å². The van der Waals surface area contributed by atoms with Gasteiger partial charge in [0.05, 0.1) is 12.6 Å². The largest absolute Gasteiger partial charge is 0.394 e. The standard InChI is InChI=1S/C11H19N3OS/c1-8(2)10-12-11(16-13-10)14-6-4-3-5-9(14)7-15/h8-9,15H,3-7H2,1-2H3. The molecule has 90 valence electrons. The summed E-state index contributed by atoms with van der Waals surface area (Å²) in [5.41, 5.74) is 0. The van der Waals surface area contributed by atoms with Gasteiger partial charge in [-0.15, -0.1) is 0 Å². The smallest absolute Gasteiger partial charge is 0.205 e. The molecule has 1 aromatic rings. The van der Waals surface area contributed by atoms with Gasteiger partial charge in [0.2, 0.25) is 5.13 Å². The van der Waals surface area contributed by atoms with Crippen LogP contribution < -0.4 is 4.90 Å². The van der Waals surface area contributed by atoms with Crippen molar-refractivity contribution in [3.05, 3.63) is 5.82 Å². The molecule has 4 nitrogen and oxygen atoms in total. The van der Waals surface area contributed by atoms with Crippen molar-refractivity contribution >= 4 is 16.7 Å². The summed E-state index contributed by atoms with van der Waals surface area (Å²) in [5.74, 6) is 1.30. The van der Waals surface area contributed by atoms with E-state index < -0.39 is 0 Å². The number of anilines is 1. The Morgan fingerprint density at radius 3 is 2.94 bits per heavy atom. The minimum absolute atomic E-state index is 0.219. The van der Waals surface area contributed by atoms with Crippen LogP contribution in [-0.2, 0) is 0 Å². The maximum absolute atomic E-state index is 9.35. The van der Waals surface area contributed by atoms with Gasteiger partial charge < -0.3 is 10.0 Å². The van der Waals surface area contributed by atoms with Gasteiger partial charge in [-0.05, 0) is 19.3 Å². The first-order valence-corrected chi connectivity index (χ1v) is 6.71. The molecule has 0 aliphatic carbocycles. The van der Waals surface area contributed by atoms with Crippen LogP contribution in [0.3, 0.4) is 0 Å². The number of aromatic nitrogens is 2. The van der Waals surface area contributed by atoms with E-state index in [0.29, 0.717) is 5.92 Å². The molecule has 2 heterocycles. The predicted octanol–water partition coefficient (Wildman–Crippen LogP) is 2.01. The second kappa shape index (κ2) is 5.10. The Morgan fingerprint density at radius 2 is 2.31 bits per heavy atom. The number of aliphatic hydroxyl groups excluding tert-OH is 1. The molecule has 0 saturated carbocycles. The second-order valence-electron chi connectivity index (χ2n) is 4.62. The SMILES string of the molecule is CC(C)c1nsc(N2CCCCC2CO)n1. The predicted molar refractivity (Wildman–Crippen MR) is 66.1 cm³/mol. The third-order valence-electron chi connectivity index (χ3n) is 3.03. The molecule has 0 aromatic carbocycles. The van der Waals surface area contributed by atoms with E-state index in [0.717, 1.165) is 23.9 Å². The zero-order valence-electron chi connectivity index (χ0n) is 9.89. The molecule has 0 spiro atoms. The highest BCUT2D eigenvalue weighted by Gasteiger charge is 2.24. The average Bonchev–Trinajstić information content (AvgIpc) is 2.78. The van der Waals surface area contributed by atoms with Crippen LogP contribution in [0.1, 0.15) is 44.9 Å². The van der Waals surface area contributed by atoms with Gasteiger partial charge in [0.15, 0.2) is 0 Å². The molecule has 1 aliphatic rings. The average molecular weight is 241 g/mol. The fourth-order valence-corrected chi connectivity index (χ4v) is 2.93. The lowest BCUT2D eigenvalue weighted by molar-refractivity contribution is 0.240. The number of aliphatic hydroxyl groups is 1. The van der Waals surface area contributed by atoms with Gasteiger partial charge >= 0.3 is 0 Å². The van der Waals surface area contributed by atoms with E-state index in [-0.39, 0.29) is 12.6 Å². The van der Waals surface area contributed by atoms with Crippen molar-refractivity contribution in [2.45, 2.75) is 45.1 Å². The zero-order valence-corrected chi connectivity index (χ0v) is 10.7. The van der Waals surface area contributed by atoms with E-state index in [1.165, 1.54) is 24.4 Å². The van der Waals surface area contributed by atoms with Gasteiger partial charge in [-0.25, -0.2) is 4.98 Å². The normalized spacial score (nSPS) is 21.8. The quantitative estimate of drug-likeness (QED) is 0.879. The summed E-state index contributed by atoms with van der Waals surface area (Å²) in [4.78, 5) is 6.77. The molecule has 1 atom stereocenters.